The first-order chi connectivity index (χ1) is 11.2. The van der Waals surface area contributed by atoms with Crippen LogP contribution >= 0.6 is 0 Å². The van der Waals surface area contributed by atoms with E-state index in [-0.39, 0.29) is 12.2 Å². The number of aliphatic hydroxyl groups excluding tert-OH is 2. The monoisotopic (exact) mass is 316 g/mol. The second-order valence-electron chi connectivity index (χ2n) is 5.22. The molecule has 0 saturated carbocycles. The van der Waals surface area contributed by atoms with Gasteiger partial charge >= 0.3 is 0 Å². The number of hydrogen-bond acceptors (Lipinski definition) is 4. The molecule has 2 unspecified atom stereocenters. The molecule has 2 aromatic carbocycles. The highest BCUT2D eigenvalue weighted by atomic mass is 16.3. The van der Waals surface area contributed by atoms with E-state index in [0.717, 1.165) is 17.7 Å². The Kier molecular flexibility index (Phi) is 9.91. The number of nitrogens with one attached hydrogen (secondary N) is 2. The summed E-state index contributed by atoms with van der Waals surface area (Å²) < 4.78 is 0. The Balaban J connectivity index is 0.000000231. The van der Waals surface area contributed by atoms with Crippen molar-refractivity contribution in [2.24, 2.45) is 0 Å². The maximum Gasteiger partial charge on any atom is 0.0914 e. The molecule has 0 radical (unpaired) electrons. The predicted molar refractivity (Wildman–Crippen MR) is 95.3 cm³/mol. The number of benzene rings is 2. The fraction of sp³-hybridized carbons (Fsp3) is 0.368. The van der Waals surface area contributed by atoms with Crippen molar-refractivity contribution < 1.29 is 10.2 Å². The van der Waals surface area contributed by atoms with Crippen molar-refractivity contribution in [1.29, 1.82) is 0 Å². The van der Waals surface area contributed by atoms with Crippen LogP contribution in [0, 0.1) is 0 Å². The van der Waals surface area contributed by atoms with E-state index in [2.05, 4.69) is 10.6 Å². The summed E-state index contributed by atoms with van der Waals surface area (Å²) in [4.78, 5) is 0. The van der Waals surface area contributed by atoms with Gasteiger partial charge in [0.05, 0.1) is 12.2 Å². The first-order valence-electron chi connectivity index (χ1n) is 8.00. The molecule has 0 heterocycles. The van der Waals surface area contributed by atoms with Gasteiger partial charge in [0, 0.05) is 13.1 Å². The summed E-state index contributed by atoms with van der Waals surface area (Å²) in [6.45, 7) is 4.14. The number of likely N-dealkylation sites (N-methyl/N-ethyl adjacent to an activating group) is 2. The highest BCUT2D eigenvalue weighted by Gasteiger charge is 2.04. The number of aliphatic hydroxyl groups is 2. The van der Waals surface area contributed by atoms with Crippen molar-refractivity contribution in [1.82, 2.24) is 10.6 Å². The average molecular weight is 316 g/mol. The quantitative estimate of drug-likeness (QED) is 0.633. The molecule has 0 bridgehead atoms. The molecule has 0 aliphatic carbocycles. The van der Waals surface area contributed by atoms with Gasteiger partial charge in [-0.25, -0.2) is 0 Å². The normalized spacial score (nSPS) is 12.9. The minimum Gasteiger partial charge on any atom is -0.387 e. The zero-order valence-electron chi connectivity index (χ0n) is 13.9. The van der Waals surface area contributed by atoms with Crippen LogP contribution in [0.2, 0.25) is 0 Å². The fourth-order valence-electron chi connectivity index (χ4n) is 2.06. The number of hydrogen-bond donors (Lipinski definition) is 4. The van der Waals surface area contributed by atoms with Gasteiger partial charge in [-0.3, -0.25) is 0 Å². The summed E-state index contributed by atoms with van der Waals surface area (Å²) in [6.07, 6.45) is -0.771. The highest BCUT2D eigenvalue weighted by molar-refractivity contribution is 5.18. The van der Waals surface area contributed by atoms with Gasteiger partial charge in [0.15, 0.2) is 0 Å². The van der Waals surface area contributed by atoms with Crippen LogP contribution in [0.25, 0.3) is 0 Å². The Bertz CT molecular complexity index is 505. The molecule has 0 aromatic heterocycles. The van der Waals surface area contributed by atoms with Crippen LogP contribution in [-0.4, -0.2) is 36.9 Å². The van der Waals surface area contributed by atoms with Crippen molar-refractivity contribution >= 4 is 0 Å². The molecule has 0 fully saturated rings. The van der Waals surface area contributed by atoms with Crippen molar-refractivity contribution in [2.45, 2.75) is 19.1 Å². The van der Waals surface area contributed by atoms with Crippen molar-refractivity contribution in [3.8, 4) is 0 Å². The van der Waals surface area contributed by atoms with Crippen LogP contribution in [-0.2, 0) is 0 Å². The van der Waals surface area contributed by atoms with Crippen molar-refractivity contribution in [3.63, 3.8) is 0 Å². The van der Waals surface area contributed by atoms with Gasteiger partial charge in [0.25, 0.3) is 0 Å². The molecular formula is C19H28N2O2. The Morgan fingerprint density at radius 1 is 0.783 bits per heavy atom. The molecule has 0 aliphatic rings. The first kappa shape index (κ1) is 19.3. The molecule has 0 saturated heterocycles. The molecule has 23 heavy (non-hydrogen) atoms. The first-order valence-corrected chi connectivity index (χ1v) is 8.00. The van der Waals surface area contributed by atoms with Crippen LogP contribution in [0.3, 0.4) is 0 Å². The molecule has 2 atom stereocenters. The van der Waals surface area contributed by atoms with E-state index in [4.69, 9.17) is 0 Å². The van der Waals surface area contributed by atoms with E-state index in [0.29, 0.717) is 13.1 Å². The standard InChI is InChI=1S/C10H15NO.C9H13NO/c1-2-11-8-10(12)9-6-4-3-5-7-9;1-10-7-9(11)8-5-3-2-4-6-8/h3-7,10-12H,2,8H2,1H3;2-6,9-11H,7H2,1H3. The maximum atomic E-state index is 9.59. The maximum absolute atomic E-state index is 9.59. The summed E-state index contributed by atoms with van der Waals surface area (Å²) in [6, 6.07) is 19.3. The zero-order valence-corrected chi connectivity index (χ0v) is 13.9. The predicted octanol–water partition coefficient (Wildman–Crippen LogP) is 2.27. The Hall–Kier alpha value is -1.72. The van der Waals surface area contributed by atoms with Gasteiger partial charge in [0.2, 0.25) is 0 Å². The minimum absolute atomic E-state index is 0.383. The summed E-state index contributed by atoms with van der Waals surface area (Å²) >= 11 is 0. The van der Waals surface area contributed by atoms with Gasteiger partial charge in [-0.15, -0.1) is 0 Å². The molecule has 0 aliphatic heterocycles. The van der Waals surface area contributed by atoms with Crippen LogP contribution < -0.4 is 10.6 Å². The van der Waals surface area contributed by atoms with Gasteiger partial charge in [-0.2, -0.15) is 0 Å². The largest absolute Gasteiger partial charge is 0.387 e. The zero-order chi connectivity index (χ0) is 16.9. The molecule has 0 amide bonds. The summed E-state index contributed by atoms with van der Waals surface area (Å²) in [5.41, 5.74) is 1.93. The van der Waals surface area contributed by atoms with Gasteiger partial charge < -0.3 is 20.8 Å². The molecule has 4 heteroatoms. The Labute approximate surface area is 139 Å². The van der Waals surface area contributed by atoms with Gasteiger partial charge in [0.1, 0.15) is 0 Å². The van der Waals surface area contributed by atoms with E-state index < -0.39 is 0 Å². The fourth-order valence-corrected chi connectivity index (χ4v) is 2.06. The van der Waals surface area contributed by atoms with Crippen LogP contribution in [0.1, 0.15) is 30.3 Å². The van der Waals surface area contributed by atoms with Crippen LogP contribution in [0.4, 0.5) is 0 Å². The van der Waals surface area contributed by atoms with Crippen molar-refractivity contribution in [3.05, 3.63) is 71.8 Å². The molecular weight excluding hydrogens is 288 g/mol. The summed E-state index contributed by atoms with van der Waals surface area (Å²) in [7, 11) is 1.83. The highest BCUT2D eigenvalue weighted by Crippen LogP contribution is 2.10. The van der Waals surface area contributed by atoms with E-state index in [9.17, 15) is 10.2 Å². The smallest absolute Gasteiger partial charge is 0.0914 e. The van der Waals surface area contributed by atoms with Gasteiger partial charge in [-0.1, -0.05) is 67.6 Å². The molecule has 2 aromatic rings. The lowest BCUT2D eigenvalue weighted by molar-refractivity contribution is 0.175. The average Bonchev–Trinajstić information content (AvgIpc) is 2.62. The molecule has 4 N–H and O–H groups in total. The van der Waals surface area contributed by atoms with Gasteiger partial charge in [-0.05, 0) is 24.7 Å². The van der Waals surface area contributed by atoms with E-state index in [1.54, 1.807) is 0 Å². The van der Waals surface area contributed by atoms with Crippen LogP contribution in [0.5, 0.6) is 0 Å². The lowest BCUT2D eigenvalue weighted by atomic mass is 10.1. The van der Waals surface area contributed by atoms with Crippen LogP contribution in [0.15, 0.2) is 60.7 Å². The second-order valence-corrected chi connectivity index (χ2v) is 5.22. The SMILES string of the molecule is CCNCC(O)c1ccccc1.CNCC(O)c1ccccc1. The Morgan fingerprint density at radius 2 is 1.22 bits per heavy atom. The Morgan fingerprint density at radius 3 is 1.61 bits per heavy atom. The summed E-state index contributed by atoms with van der Waals surface area (Å²) in [5.74, 6) is 0. The second kappa shape index (κ2) is 11.8. The third kappa shape index (κ3) is 7.90. The molecule has 2 rings (SSSR count). The summed E-state index contributed by atoms with van der Waals surface area (Å²) in [5, 5.41) is 25.1. The van der Waals surface area contributed by atoms with Crippen molar-refractivity contribution in [2.75, 3.05) is 26.7 Å². The lowest BCUT2D eigenvalue weighted by Gasteiger charge is -2.10. The van der Waals surface area contributed by atoms with E-state index in [1.807, 2.05) is 74.6 Å². The number of rotatable bonds is 7. The third-order valence-corrected chi connectivity index (χ3v) is 3.35. The molecule has 0 spiro atoms. The lowest BCUT2D eigenvalue weighted by Crippen LogP contribution is -2.20. The minimum atomic E-state index is -0.388. The van der Waals surface area contributed by atoms with E-state index >= 15 is 0 Å². The molecule has 4 nitrogen and oxygen atoms in total. The van der Waals surface area contributed by atoms with E-state index in [1.165, 1.54) is 0 Å². The topological polar surface area (TPSA) is 64.5 Å². The third-order valence-electron chi connectivity index (χ3n) is 3.35. The molecule has 126 valence electrons.